The molecule has 0 aliphatic heterocycles. The Labute approximate surface area is 121 Å². The van der Waals surface area contributed by atoms with Crippen LogP contribution in [0.25, 0.3) is 0 Å². The molecule has 3 nitrogen and oxygen atoms in total. The first kappa shape index (κ1) is 16.5. The average molecular weight is 304 g/mol. The fourth-order valence-corrected chi connectivity index (χ4v) is 3.12. The van der Waals surface area contributed by atoms with E-state index in [1.807, 2.05) is 19.1 Å². The lowest BCUT2D eigenvalue weighted by Gasteiger charge is -2.16. The highest BCUT2D eigenvalue weighted by molar-refractivity contribution is 7.89. The summed E-state index contributed by atoms with van der Waals surface area (Å²) in [4.78, 5) is 0.362. The van der Waals surface area contributed by atoms with Crippen molar-refractivity contribution in [1.82, 2.24) is 4.31 Å². The Hall–Kier alpha value is -0.580. The second-order valence-electron chi connectivity index (χ2n) is 4.62. The van der Waals surface area contributed by atoms with E-state index in [4.69, 9.17) is 11.6 Å². The number of hydrogen-bond donors (Lipinski definition) is 0. The van der Waals surface area contributed by atoms with Crippen LogP contribution in [0, 0.1) is 0 Å². The quantitative estimate of drug-likeness (QED) is 0.691. The number of benzene rings is 1. The van der Waals surface area contributed by atoms with Crippen LogP contribution >= 0.6 is 11.6 Å². The Morgan fingerprint density at radius 2 is 1.79 bits per heavy atom. The van der Waals surface area contributed by atoms with Crippen molar-refractivity contribution in [3.63, 3.8) is 0 Å². The van der Waals surface area contributed by atoms with Crippen molar-refractivity contribution < 1.29 is 8.42 Å². The van der Waals surface area contributed by atoms with Crippen molar-refractivity contribution in [3.05, 3.63) is 29.8 Å². The standard InChI is InChI=1S/C14H22ClNO2S/c1-3-4-12-16(2)19(17,18)14-9-7-13(8-10-14)6-5-11-15/h7-10H,3-6,11-12H2,1-2H3. The minimum absolute atomic E-state index is 0.362. The summed E-state index contributed by atoms with van der Waals surface area (Å²) in [5.74, 6) is 0.625. The maximum Gasteiger partial charge on any atom is 0.242 e. The monoisotopic (exact) mass is 303 g/mol. The van der Waals surface area contributed by atoms with E-state index in [2.05, 4.69) is 0 Å². The minimum atomic E-state index is -3.34. The number of rotatable bonds is 8. The molecule has 0 aromatic heterocycles. The van der Waals surface area contributed by atoms with Crippen LogP contribution in [-0.4, -0.2) is 32.2 Å². The van der Waals surface area contributed by atoms with Crippen LogP contribution in [0.15, 0.2) is 29.2 Å². The molecule has 1 aromatic carbocycles. The van der Waals surface area contributed by atoms with Crippen LogP contribution in [0.1, 0.15) is 31.7 Å². The third-order valence-corrected chi connectivity index (χ3v) is 5.20. The number of aryl methyl sites for hydroxylation is 1. The molecule has 108 valence electrons. The van der Waals surface area contributed by atoms with Gasteiger partial charge in [-0.3, -0.25) is 0 Å². The van der Waals surface area contributed by atoms with Gasteiger partial charge < -0.3 is 0 Å². The smallest absolute Gasteiger partial charge is 0.207 e. The van der Waals surface area contributed by atoms with Gasteiger partial charge in [0.25, 0.3) is 0 Å². The fraction of sp³-hybridized carbons (Fsp3) is 0.571. The summed E-state index contributed by atoms with van der Waals surface area (Å²) in [6.45, 7) is 2.61. The van der Waals surface area contributed by atoms with Crippen molar-refractivity contribution in [2.75, 3.05) is 19.5 Å². The molecule has 0 spiro atoms. The molecule has 1 rings (SSSR count). The zero-order valence-corrected chi connectivity index (χ0v) is 13.2. The molecule has 0 saturated carbocycles. The van der Waals surface area contributed by atoms with Gasteiger partial charge in [0.15, 0.2) is 0 Å². The van der Waals surface area contributed by atoms with E-state index < -0.39 is 10.0 Å². The van der Waals surface area contributed by atoms with Crippen molar-refractivity contribution in [3.8, 4) is 0 Å². The van der Waals surface area contributed by atoms with E-state index in [0.29, 0.717) is 17.3 Å². The van der Waals surface area contributed by atoms with E-state index in [0.717, 1.165) is 31.2 Å². The van der Waals surface area contributed by atoms with E-state index >= 15 is 0 Å². The molecule has 0 N–H and O–H groups in total. The average Bonchev–Trinajstić information content (AvgIpc) is 2.42. The van der Waals surface area contributed by atoms with Crippen LogP contribution in [-0.2, 0) is 16.4 Å². The highest BCUT2D eigenvalue weighted by Gasteiger charge is 2.19. The zero-order chi connectivity index (χ0) is 14.3. The van der Waals surface area contributed by atoms with Gasteiger partial charge in [0.05, 0.1) is 4.90 Å². The molecule has 0 radical (unpaired) electrons. The topological polar surface area (TPSA) is 37.4 Å². The maximum atomic E-state index is 12.3. The van der Waals surface area contributed by atoms with Gasteiger partial charge in [-0.05, 0) is 37.0 Å². The van der Waals surface area contributed by atoms with Crippen molar-refractivity contribution >= 4 is 21.6 Å². The number of halogens is 1. The summed E-state index contributed by atoms with van der Waals surface area (Å²) < 4.78 is 26.0. The molecule has 0 amide bonds. The third-order valence-electron chi connectivity index (χ3n) is 3.06. The fourth-order valence-electron chi connectivity index (χ4n) is 1.78. The minimum Gasteiger partial charge on any atom is -0.207 e. The molecular weight excluding hydrogens is 282 g/mol. The Morgan fingerprint density at radius 3 is 2.32 bits per heavy atom. The number of hydrogen-bond acceptors (Lipinski definition) is 2. The van der Waals surface area contributed by atoms with Crippen molar-refractivity contribution in [2.24, 2.45) is 0 Å². The second kappa shape index (κ2) is 7.88. The van der Waals surface area contributed by atoms with Crippen molar-refractivity contribution in [2.45, 2.75) is 37.5 Å². The molecule has 0 unspecified atom stereocenters. The summed E-state index contributed by atoms with van der Waals surface area (Å²) in [5, 5.41) is 0. The molecule has 1 aromatic rings. The Kier molecular flexibility index (Phi) is 6.83. The number of sulfonamides is 1. The first-order valence-electron chi connectivity index (χ1n) is 6.63. The highest BCUT2D eigenvalue weighted by Crippen LogP contribution is 2.16. The van der Waals surface area contributed by atoms with Gasteiger partial charge in [-0.25, -0.2) is 12.7 Å². The van der Waals surface area contributed by atoms with E-state index in [1.165, 1.54) is 4.31 Å². The van der Waals surface area contributed by atoms with Gasteiger partial charge >= 0.3 is 0 Å². The third kappa shape index (κ3) is 4.79. The van der Waals surface area contributed by atoms with Gasteiger partial charge in [0, 0.05) is 19.5 Å². The molecule has 5 heteroatoms. The number of unbranched alkanes of at least 4 members (excludes halogenated alkanes) is 1. The predicted octanol–water partition coefficient (Wildman–Crippen LogP) is 3.28. The maximum absolute atomic E-state index is 12.3. The first-order chi connectivity index (χ1) is 9.02. The Balaban J connectivity index is 2.78. The molecule has 0 bridgehead atoms. The first-order valence-corrected chi connectivity index (χ1v) is 8.61. The molecule has 19 heavy (non-hydrogen) atoms. The number of nitrogens with zero attached hydrogens (tertiary/aromatic N) is 1. The lowest BCUT2D eigenvalue weighted by molar-refractivity contribution is 0.459. The van der Waals surface area contributed by atoms with E-state index in [1.54, 1.807) is 19.2 Å². The summed E-state index contributed by atoms with van der Waals surface area (Å²) in [7, 11) is -1.71. The normalized spacial score (nSPS) is 12.0. The molecule has 0 saturated heterocycles. The molecule has 0 aliphatic carbocycles. The van der Waals surface area contributed by atoms with Crippen LogP contribution < -0.4 is 0 Å². The van der Waals surface area contributed by atoms with E-state index in [-0.39, 0.29) is 0 Å². The van der Waals surface area contributed by atoms with Gasteiger partial charge in [0.2, 0.25) is 10.0 Å². The van der Waals surface area contributed by atoms with Crippen LogP contribution in [0.3, 0.4) is 0 Å². The lowest BCUT2D eigenvalue weighted by Crippen LogP contribution is -2.27. The predicted molar refractivity (Wildman–Crippen MR) is 80.2 cm³/mol. The summed E-state index contributed by atoms with van der Waals surface area (Å²) >= 11 is 5.64. The van der Waals surface area contributed by atoms with E-state index in [9.17, 15) is 8.42 Å². The molecule has 0 atom stereocenters. The zero-order valence-electron chi connectivity index (χ0n) is 11.6. The van der Waals surface area contributed by atoms with Crippen LogP contribution in [0.4, 0.5) is 0 Å². The van der Waals surface area contributed by atoms with Gasteiger partial charge in [-0.2, -0.15) is 0 Å². The summed E-state index contributed by atoms with van der Waals surface area (Å²) in [5.41, 5.74) is 1.12. The molecular formula is C14H22ClNO2S. The lowest BCUT2D eigenvalue weighted by atomic mass is 10.1. The second-order valence-corrected chi connectivity index (χ2v) is 7.04. The Morgan fingerprint density at radius 1 is 1.16 bits per heavy atom. The van der Waals surface area contributed by atoms with Crippen molar-refractivity contribution in [1.29, 1.82) is 0 Å². The largest absolute Gasteiger partial charge is 0.242 e. The van der Waals surface area contributed by atoms with Crippen LogP contribution in [0.5, 0.6) is 0 Å². The van der Waals surface area contributed by atoms with Gasteiger partial charge in [0.1, 0.15) is 0 Å². The van der Waals surface area contributed by atoms with Gasteiger partial charge in [-0.15, -0.1) is 11.6 Å². The molecule has 0 fully saturated rings. The highest BCUT2D eigenvalue weighted by atomic mass is 35.5. The molecule has 0 aliphatic rings. The Bertz CT molecular complexity index is 471. The SMILES string of the molecule is CCCCN(C)S(=O)(=O)c1ccc(CCCCl)cc1. The summed E-state index contributed by atoms with van der Waals surface area (Å²) in [6, 6.07) is 7.10. The number of alkyl halides is 1. The van der Waals surface area contributed by atoms with Crippen LogP contribution in [0.2, 0.25) is 0 Å². The summed E-state index contributed by atoms with van der Waals surface area (Å²) in [6.07, 6.45) is 3.65. The molecule has 0 heterocycles. The van der Waals surface area contributed by atoms with Gasteiger partial charge in [-0.1, -0.05) is 25.5 Å².